The highest BCUT2D eigenvalue weighted by Gasteiger charge is 2.51. The van der Waals surface area contributed by atoms with Crippen LogP contribution in [0.1, 0.15) is 28.9 Å². The number of carbonyl (C=O) groups is 2. The maximum atomic E-state index is 12.9. The number of aryl methyl sites for hydroxylation is 2. The lowest BCUT2D eigenvalue weighted by molar-refractivity contribution is -0.140. The quantitative estimate of drug-likeness (QED) is 0.752. The Morgan fingerprint density at radius 1 is 1.23 bits per heavy atom. The number of nitrogens with zero attached hydrogens (tertiary/aromatic N) is 3. The fourth-order valence-corrected chi connectivity index (χ4v) is 3.18. The van der Waals surface area contributed by atoms with Gasteiger partial charge in [0.15, 0.2) is 5.65 Å². The number of aromatic nitrogens is 3. The first-order chi connectivity index (χ1) is 12.4. The molecule has 1 aliphatic carbocycles. The third kappa shape index (κ3) is 2.52. The van der Waals surface area contributed by atoms with Crippen molar-refractivity contribution in [1.29, 1.82) is 0 Å². The van der Waals surface area contributed by atoms with E-state index in [2.05, 4.69) is 15.4 Å². The molecule has 1 saturated carbocycles. The van der Waals surface area contributed by atoms with Crippen LogP contribution < -0.4 is 5.32 Å². The normalized spacial score (nSPS) is 15.0. The third-order valence-corrected chi connectivity index (χ3v) is 4.80. The number of fused-ring (bicyclic) bond motifs is 1. The van der Waals surface area contributed by atoms with Crippen LogP contribution in [0.5, 0.6) is 0 Å². The second-order valence-corrected chi connectivity index (χ2v) is 6.67. The van der Waals surface area contributed by atoms with Crippen LogP contribution in [0, 0.1) is 6.92 Å². The van der Waals surface area contributed by atoms with Crippen LogP contribution in [0.25, 0.3) is 22.3 Å². The Hall–Kier alpha value is -3.22. The molecule has 1 fully saturated rings. The first-order valence-corrected chi connectivity index (χ1v) is 8.37. The van der Waals surface area contributed by atoms with Crippen molar-refractivity contribution in [2.45, 2.75) is 25.3 Å². The summed E-state index contributed by atoms with van der Waals surface area (Å²) in [6.07, 6.45) is 0.889. The van der Waals surface area contributed by atoms with Gasteiger partial charge < -0.3 is 10.4 Å². The molecule has 1 amide bonds. The molecule has 7 nitrogen and oxygen atoms in total. The van der Waals surface area contributed by atoms with Gasteiger partial charge in [0.25, 0.3) is 5.91 Å². The predicted octanol–water partition coefficient (Wildman–Crippen LogP) is 2.29. The van der Waals surface area contributed by atoms with Crippen molar-refractivity contribution in [3.63, 3.8) is 0 Å². The minimum Gasteiger partial charge on any atom is -0.480 e. The lowest BCUT2D eigenvalue weighted by Gasteiger charge is -2.14. The summed E-state index contributed by atoms with van der Waals surface area (Å²) in [5.41, 5.74) is 2.05. The number of hydrogen-bond donors (Lipinski definition) is 2. The molecular formula is C19H18N4O3. The summed E-state index contributed by atoms with van der Waals surface area (Å²) in [5, 5.41) is 17.1. The number of carbonyl (C=O) groups excluding carboxylic acids is 1. The number of carboxylic acids is 1. The van der Waals surface area contributed by atoms with E-state index in [9.17, 15) is 14.7 Å². The molecule has 132 valence electrons. The summed E-state index contributed by atoms with van der Waals surface area (Å²) in [6.45, 7) is 1.81. The minimum absolute atomic E-state index is 0.395. The van der Waals surface area contributed by atoms with Gasteiger partial charge in [0.05, 0.1) is 22.3 Å². The molecule has 3 aromatic rings. The monoisotopic (exact) mass is 350 g/mol. The molecule has 0 aliphatic heterocycles. The number of carboxylic acid groups (broad SMARTS) is 1. The molecule has 0 atom stereocenters. The highest BCUT2D eigenvalue weighted by molar-refractivity contribution is 6.09. The van der Waals surface area contributed by atoms with Gasteiger partial charge in [-0.15, -0.1) is 0 Å². The summed E-state index contributed by atoms with van der Waals surface area (Å²) in [7, 11) is 1.78. The summed E-state index contributed by atoms with van der Waals surface area (Å²) < 4.78 is 1.64. The van der Waals surface area contributed by atoms with E-state index in [0.717, 1.165) is 5.56 Å². The predicted molar refractivity (Wildman–Crippen MR) is 95.7 cm³/mol. The highest BCUT2D eigenvalue weighted by Crippen LogP contribution is 2.36. The lowest BCUT2D eigenvalue weighted by atomic mass is 10.0. The van der Waals surface area contributed by atoms with E-state index < -0.39 is 17.4 Å². The first kappa shape index (κ1) is 16.3. The molecule has 0 unspecified atom stereocenters. The molecule has 2 heterocycles. The number of nitrogens with one attached hydrogen (secondary N) is 1. The van der Waals surface area contributed by atoms with Crippen LogP contribution in [-0.2, 0) is 11.8 Å². The van der Waals surface area contributed by atoms with Crippen molar-refractivity contribution in [3.05, 3.63) is 47.7 Å². The third-order valence-electron chi connectivity index (χ3n) is 4.80. The summed E-state index contributed by atoms with van der Waals surface area (Å²) in [6, 6.07) is 11.3. The Kier molecular flexibility index (Phi) is 3.54. The maximum Gasteiger partial charge on any atom is 0.329 e. The second kappa shape index (κ2) is 5.66. The zero-order valence-corrected chi connectivity index (χ0v) is 14.5. The van der Waals surface area contributed by atoms with Gasteiger partial charge in [-0.25, -0.2) is 9.78 Å². The summed E-state index contributed by atoms with van der Waals surface area (Å²) >= 11 is 0. The molecule has 4 rings (SSSR count). The molecular weight excluding hydrogens is 332 g/mol. The van der Waals surface area contributed by atoms with Crippen molar-refractivity contribution in [2.24, 2.45) is 7.05 Å². The van der Waals surface area contributed by atoms with Crippen LogP contribution in [0.2, 0.25) is 0 Å². The van der Waals surface area contributed by atoms with Gasteiger partial charge in [0, 0.05) is 12.6 Å². The fraction of sp³-hybridized carbons (Fsp3) is 0.263. The smallest absolute Gasteiger partial charge is 0.329 e. The van der Waals surface area contributed by atoms with Gasteiger partial charge in [0.1, 0.15) is 5.54 Å². The molecule has 26 heavy (non-hydrogen) atoms. The molecule has 2 aromatic heterocycles. The van der Waals surface area contributed by atoms with Crippen LogP contribution in [0.3, 0.4) is 0 Å². The number of amides is 1. The fourth-order valence-electron chi connectivity index (χ4n) is 3.18. The van der Waals surface area contributed by atoms with Crippen LogP contribution >= 0.6 is 0 Å². The summed E-state index contributed by atoms with van der Waals surface area (Å²) in [5.74, 6) is -1.41. The van der Waals surface area contributed by atoms with Crippen molar-refractivity contribution in [2.75, 3.05) is 0 Å². The number of pyridine rings is 1. The Balaban J connectivity index is 1.87. The van der Waals surface area contributed by atoms with Crippen LogP contribution in [-0.4, -0.2) is 37.3 Å². The number of aliphatic carboxylic acids is 1. The Bertz CT molecular complexity index is 1040. The topological polar surface area (TPSA) is 97.1 Å². The van der Waals surface area contributed by atoms with Gasteiger partial charge in [-0.3, -0.25) is 9.48 Å². The van der Waals surface area contributed by atoms with Gasteiger partial charge in [-0.1, -0.05) is 30.3 Å². The Labute approximate surface area is 149 Å². The lowest BCUT2D eigenvalue weighted by Crippen LogP contribution is -2.43. The second-order valence-electron chi connectivity index (χ2n) is 6.67. The van der Waals surface area contributed by atoms with Crippen LogP contribution in [0.4, 0.5) is 0 Å². The average Bonchev–Trinajstić information content (AvgIpc) is 3.36. The molecule has 0 spiro atoms. The average molecular weight is 350 g/mol. The first-order valence-electron chi connectivity index (χ1n) is 8.37. The molecule has 1 aromatic carbocycles. The van der Waals surface area contributed by atoms with E-state index in [1.807, 2.05) is 37.3 Å². The number of hydrogen-bond acceptors (Lipinski definition) is 4. The van der Waals surface area contributed by atoms with Crippen LogP contribution in [0.15, 0.2) is 36.4 Å². The SMILES string of the molecule is Cc1nn(C)c2nc(-c3ccccc3)cc(C(=O)NC3(C(=O)O)CC3)c12. The number of benzene rings is 1. The highest BCUT2D eigenvalue weighted by atomic mass is 16.4. The minimum atomic E-state index is -1.14. The van der Waals surface area contributed by atoms with E-state index in [0.29, 0.717) is 40.8 Å². The van der Waals surface area contributed by atoms with Crippen molar-refractivity contribution in [1.82, 2.24) is 20.1 Å². The Morgan fingerprint density at radius 2 is 1.92 bits per heavy atom. The van der Waals surface area contributed by atoms with Crippen molar-refractivity contribution < 1.29 is 14.7 Å². The van der Waals surface area contributed by atoms with E-state index in [4.69, 9.17) is 0 Å². The summed E-state index contributed by atoms with van der Waals surface area (Å²) in [4.78, 5) is 29.0. The number of rotatable bonds is 4. The molecule has 0 saturated heterocycles. The molecule has 0 bridgehead atoms. The molecule has 2 N–H and O–H groups in total. The van der Waals surface area contributed by atoms with E-state index in [-0.39, 0.29) is 0 Å². The molecule has 7 heteroatoms. The molecule has 0 radical (unpaired) electrons. The maximum absolute atomic E-state index is 12.9. The zero-order chi connectivity index (χ0) is 18.5. The van der Waals surface area contributed by atoms with Crippen molar-refractivity contribution in [3.8, 4) is 11.3 Å². The van der Waals surface area contributed by atoms with Gasteiger partial charge in [0.2, 0.25) is 0 Å². The zero-order valence-electron chi connectivity index (χ0n) is 14.5. The molecule has 1 aliphatic rings. The van der Waals surface area contributed by atoms with E-state index >= 15 is 0 Å². The van der Waals surface area contributed by atoms with Gasteiger partial charge >= 0.3 is 5.97 Å². The Morgan fingerprint density at radius 3 is 2.54 bits per heavy atom. The largest absolute Gasteiger partial charge is 0.480 e. The van der Waals surface area contributed by atoms with E-state index in [1.54, 1.807) is 17.8 Å². The van der Waals surface area contributed by atoms with Crippen molar-refractivity contribution >= 4 is 22.9 Å². The van der Waals surface area contributed by atoms with Gasteiger partial charge in [-0.05, 0) is 25.8 Å². The standard InChI is InChI=1S/C19H18N4O3/c1-11-15-13(17(24)21-19(8-9-19)18(25)26)10-14(12-6-4-3-5-7-12)20-16(15)23(2)22-11/h3-7,10H,8-9H2,1-2H3,(H,21,24)(H,25,26). The van der Waals surface area contributed by atoms with Gasteiger partial charge in [-0.2, -0.15) is 5.10 Å². The van der Waals surface area contributed by atoms with E-state index in [1.165, 1.54) is 0 Å².